The normalized spacial score (nSPS) is 12.9. The molecule has 1 aromatic rings. The summed E-state index contributed by atoms with van der Waals surface area (Å²) < 4.78 is 22.7. The van der Waals surface area contributed by atoms with Crippen molar-refractivity contribution in [2.45, 2.75) is 32.7 Å². The molecule has 0 radical (unpaired) electrons. The molecule has 0 fully saturated rings. The first-order valence-corrected chi connectivity index (χ1v) is 8.90. The fraction of sp³-hybridized carbons (Fsp3) is 0.533. The van der Waals surface area contributed by atoms with Crippen LogP contribution in [0.15, 0.2) is 30.3 Å². The van der Waals surface area contributed by atoms with Gasteiger partial charge in [-0.1, -0.05) is 30.3 Å². The lowest BCUT2D eigenvalue weighted by Crippen LogP contribution is -2.42. The number of aryl methyl sites for hydroxylation is 1. The summed E-state index contributed by atoms with van der Waals surface area (Å²) in [6.07, 6.45) is 2.29. The van der Waals surface area contributed by atoms with Crippen molar-refractivity contribution >= 4 is 15.7 Å². The van der Waals surface area contributed by atoms with Crippen molar-refractivity contribution < 1.29 is 13.2 Å². The number of hydrogen-bond donors (Lipinski definition) is 0. The number of nitrogens with zero attached hydrogens (tertiary/aromatic N) is 1. The molecule has 4 nitrogen and oxygen atoms in total. The molecule has 0 aromatic heterocycles. The molecule has 1 aromatic carbocycles. The van der Waals surface area contributed by atoms with E-state index in [0.29, 0.717) is 19.4 Å². The van der Waals surface area contributed by atoms with Crippen molar-refractivity contribution in [3.8, 4) is 0 Å². The van der Waals surface area contributed by atoms with E-state index in [2.05, 4.69) is 0 Å². The van der Waals surface area contributed by atoms with E-state index in [1.54, 1.807) is 11.8 Å². The van der Waals surface area contributed by atoms with Crippen molar-refractivity contribution in [1.82, 2.24) is 4.90 Å². The monoisotopic (exact) mass is 297 g/mol. The minimum Gasteiger partial charge on any atom is -0.339 e. The summed E-state index contributed by atoms with van der Waals surface area (Å²) in [5, 5.41) is 0. The topological polar surface area (TPSA) is 54.5 Å². The molecule has 1 amide bonds. The zero-order chi connectivity index (χ0) is 15.2. The van der Waals surface area contributed by atoms with Gasteiger partial charge in [0.05, 0.1) is 5.75 Å². The molecule has 1 atom stereocenters. The average molecular weight is 297 g/mol. The molecule has 0 bridgehead atoms. The van der Waals surface area contributed by atoms with Gasteiger partial charge in [-0.05, 0) is 25.8 Å². The minimum absolute atomic E-state index is 0.00695. The average Bonchev–Trinajstić information content (AvgIpc) is 2.36. The summed E-state index contributed by atoms with van der Waals surface area (Å²) in [5.74, 6) is 0.0188. The van der Waals surface area contributed by atoms with Crippen LogP contribution in [0.5, 0.6) is 0 Å². The van der Waals surface area contributed by atoms with E-state index in [-0.39, 0.29) is 17.7 Å². The Labute approximate surface area is 121 Å². The van der Waals surface area contributed by atoms with Gasteiger partial charge in [0.2, 0.25) is 5.91 Å². The zero-order valence-corrected chi connectivity index (χ0v) is 13.2. The first-order valence-electron chi connectivity index (χ1n) is 6.84. The maximum atomic E-state index is 12.2. The van der Waals surface area contributed by atoms with Gasteiger partial charge in [0, 0.05) is 25.3 Å². The van der Waals surface area contributed by atoms with Crippen LogP contribution in [0.3, 0.4) is 0 Å². The highest BCUT2D eigenvalue weighted by atomic mass is 32.2. The predicted molar refractivity (Wildman–Crippen MR) is 81.3 cm³/mol. The number of amides is 1. The summed E-state index contributed by atoms with van der Waals surface area (Å²) in [6.45, 7) is 4.19. The van der Waals surface area contributed by atoms with E-state index in [9.17, 15) is 13.2 Å². The highest BCUT2D eigenvalue weighted by Crippen LogP contribution is 2.08. The van der Waals surface area contributed by atoms with Crippen LogP contribution < -0.4 is 0 Å². The second-order valence-corrected chi connectivity index (χ2v) is 7.29. The number of benzene rings is 1. The molecule has 20 heavy (non-hydrogen) atoms. The summed E-state index contributed by atoms with van der Waals surface area (Å²) in [7, 11) is -3.07. The van der Waals surface area contributed by atoms with Crippen LogP contribution in [-0.4, -0.2) is 43.8 Å². The number of rotatable bonds is 7. The van der Waals surface area contributed by atoms with Gasteiger partial charge in [-0.2, -0.15) is 0 Å². The Kier molecular flexibility index (Phi) is 6.20. The van der Waals surface area contributed by atoms with Gasteiger partial charge in [0.25, 0.3) is 0 Å². The standard InChI is InChI=1S/C15H23NO3S/c1-4-16(13(2)12-20(3,18)19)15(17)11-10-14-8-6-5-7-9-14/h5-9,13H,4,10-12H2,1-3H3/t13-/m0/s1. The minimum atomic E-state index is -3.07. The summed E-state index contributed by atoms with van der Waals surface area (Å²) in [6, 6.07) is 9.54. The zero-order valence-electron chi connectivity index (χ0n) is 12.4. The van der Waals surface area contributed by atoms with E-state index >= 15 is 0 Å². The Hall–Kier alpha value is -1.36. The second-order valence-electron chi connectivity index (χ2n) is 5.11. The molecule has 0 aliphatic carbocycles. The Morgan fingerprint density at radius 3 is 2.35 bits per heavy atom. The molecule has 1 rings (SSSR count). The van der Waals surface area contributed by atoms with Crippen molar-refractivity contribution in [3.05, 3.63) is 35.9 Å². The van der Waals surface area contributed by atoms with Crippen molar-refractivity contribution in [2.75, 3.05) is 18.6 Å². The van der Waals surface area contributed by atoms with Gasteiger partial charge in [-0.15, -0.1) is 0 Å². The Balaban J connectivity index is 2.59. The first-order chi connectivity index (χ1) is 9.33. The Morgan fingerprint density at radius 2 is 1.85 bits per heavy atom. The maximum Gasteiger partial charge on any atom is 0.223 e. The second kappa shape index (κ2) is 7.43. The van der Waals surface area contributed by atoms with Crippen LogP contribution in [0.4, 0.5) is 0 Å². The van der Waals surface area contributed by atoms with Crippen LogP contribution in [0.1, 0.15) is 25.8 Å². The van der Waals surface area contributed by atoms with Crippen molar-refractivity contribution in [1.29, 1.82) is 0 Å². The third-order valence-corrected chi connectivity index (χ3v) is 4.30. The lowest BCUT2D eigenvalue weighted by Gasteiger charge is -2.27. The first kappa shape index (κ1) is 16.7. The molecule has 0 saturated heterocycles. The van der Waals surface area contributed by atoms with E-state index < -0.39 is 9.84 Å². The lowest BCUT2D eigenvalue weighted by atomic mass is 10.1. The van der Waals surface area contributed by atoms with Gasteiger partial charge in [-0.25, -0.2) is 8.42 Å². The molecule has 0 N–H and O–H groups in total. The molecule has 0 spiro atoms. The van der Waals surface area contributed by atoms with Gasteiger partial charge >= 0.3 is 0 Å². The summed E-state index contributed by atoms with van der Waals surface area (Å²) >= 11 is 0. The number of hydrogen-bond acceptors (Lipinski definition) is 3. The largest absolute Gasteiger partial charge is 0.339 e. The van der Waals surface area contributed by atoms with Gasteiger partial charge < -0.3 is 4.90 Å². The van der Waals surface area contributed by atoms with Gasteiger partial charge in [-0.3, -0.25) is 4.79 Å². The van der Waals surface area contributed by atoms with Gasteiger partial charge in [0.1, 0.15) is 9.84 Å². The molecule has 0 saturated carbocycles. The van der Waals surface area contributed by atoms with Crippen LogP contribution >= 0.6 is 0 Å². The molecule has 112 valence electrons. The third-order valence-electron chi connectivity index (χ3n) is 3.21. The van der Waals surface area contributed by atoms with Crippen LogP contribution in [0.2, 0.25) is 0 Å². The van der Waals surface area contributed by atoms with Crippen molar-refractivity contribution in [2.24, 2.45) is 0 Å². The Bertz CT molecular complexity index is 525. The highest BCUT2D eigenvalue weighted by Gasteiger charge is 2.21. The van der Waals surface area contributed by atoms with E-state index in [1.807, 2.05) is 37.3 Å². The number of carbonyl (C=O) groups excluding carboxylic acids is 1. The predicted octanol–water partition coefficient (Wildman–Crippen LogP) is 1.90. The van der Waals surface area contributed by atoms with E-state index in [1.165, 1.54) is 6.26 Å². The van der Waals surface area contributed by atoms with Crippen molar-refractivity contribution in [3.63, 3.8) is 0 Å². The number of sulfone groups is 1. The Morgan fingerprint density at radius 1 is 1.25 bits per heavy atom. The number of carbonyl (C=O) groups is 1. The maximum absolute atomic E-state index is 12.2. The molecule has 0 heterocycles. The molecular weight excluding hydrogens is 274 g/mol. The summed E-state index contributed by atoms with van der Waals surface area (Å²) in [5.41, 5.74) is 1.12. The van der Waals surface area contributed by atoms with Gasteiger partial charge in [0.15, 0.2) is 0 Å². The molecule has 0 aliphatic heterocycles. The SMILES string of the molecule is CCN(C(=O)CCc1ccccc1)[C@@H](C)CS(C)(=O)=O. The van der Waals surface area contributed by atoms with Crippen LogP contribution in [0.25, 0.3) is 0 Å². The lowest BCUT2D eigenvalue weighted by molar-refractivity contribution is -0.132. The van der Waals surface area contributed by atoms with Crippen LogP contribution in [0, 0.1) is 0 Å². The third kappa shape index (κ3) is 5.74. The molecule has 0 aliphatic rings. The fourth-order valence-corrected chi connectivity index (χ4v) is 3.36. The highest BCUT2D eigenvalue weighted by molar-refractivity contribution is 7.90. The van der Waals surface area contributed by atoms with E-state index in [0.717, 1.165) is 5.56 Å². The van der Waals surface area contributed by atoms with E-state index in [4.69, 9.17) is 0 Å². The smallest absolute Gasteiger partial charge is 0.223 e. The molecule has 0 unspecified atom stereocenters. The summed E-state index contributed by atoms with van der Waals surface area (Å²) in [4.78, 5) is 13.8. The van der Waals surface area contributed by atoms with Crippen LogP contribution in [-0.2, 0) is 21.1 Å². The molecule has 5 heteroatoms. The molecular formula is C15H23NO3S. The quantitative estimate of drug-likeness (QED) is 0.772. The fourth-order valence-electron chi connectivity index (χ4n) is 2.30.